The highest BCUT2D eigenvalue weighted by molar-refractivity contribution is 6.00. The van der Waals surface area contributed by atoms with Crippen molar-refractivity contribution in [1.29, 1.82) is 0 Å². The van der Waals surface area contributed by atoms with E-state index in [0.717, 1.165) is 54.6 Å². The molecule has 1 fully saturated rings. The molecule has 1 aromatic carbocycles. The first-order valence-corrected chi connectivity index (χ1v) is 12.3. The van der Waals surface area contributed by atoms with E-state index in [1.165, 1.54) is 0 Å². The molecule has 2 aromatic heterocycles. The molecule has 0 bridgehead atoms. The van der Waals surface area contributed by atoms with Crippen LogP contribution >= 0.6 is 0 Å². The number of amides is 2. The van der Waals surface area contributed by atoms with Crippen molar-refractivity contribution >= 4 is 17.5 Å². The van der Waals surface area contributed by atoms with E-state index in [0.29, 0.717) is 11.4 Å². The lowest BCUT2D eigenvalue weighted by molar-refractivity contribution is -0.119. The average Bonchev–Trinajstić information content (AvgIpc) is 3.49. The van der Waals surface area contributed by atoms with E-state index in [1.807, 2.05) is 45.0 Å². The first kappa shape index (κ1) is 24.4. The SMILES string of the molecule is C=CC(C)n1nccc1C(=O)NC(C(=O)Nc1ccc(-c2c(C)n[nH]c2C)cc1)C1CCCCC1. The van der Waals surface area contributed by atoms with E-state index >= 15 is 0 Å². The molecule has 0 aliphatic heterocycles. The normalized spacial score (nSPS) is 15.9. The largest absolute Gasteiger partial charge is 0.339 e. The summed E-state index contributed by atoms with van der Waals surface area (Å²) < 4.78 is 1.62. The van der Waals surface area contributed by atoms with Crippen LogP contribution in [0.1, 0.15) is 66.9 Å². The summed E-state index contributed by atoms with van der Waals surface area (Å²) in [7, 11) is 0. The second-order valence-electron chi connectivity index (χ2n) is 9.36. The molecule has 1 aliphatic carbocycles. The number of nitrogens with zero attached hydrogens (tertiary/aromatic N) is 3. The maximum absolute atomic E-state index is 13.4. The molecule has 3 N–H and O–H groups in total. The lowest BCUT2D eigenvalue weighted by atomic mass is 9.83. The van der Waals surface area contributed by atoms with Crippen LogP contribution in [-0.2, 0) is 4.79 Å². The van der Waals surface area contributed by atoms with E-state index in [1.54, 1.807) is 23.0 Å². The van der Waals surface area contributed by atoms with Gasteiger partial charge in [0.25, 0.3) is 5.91 Å². The molecule has 1 aliphatic rings. The van der Waals surface area contributed by atoms with Crippen LogP contribution in [0.4, 0.5) is 5.69 Å². The van der Waals surface area contributed by atoms with Crippen molar-refractivity contribution in [2.45, 2.75) is 65.0 Å². The van der Waals surface area contributed by atoms with Crippen LogP contribution in [0.3, 0.4) is 0 Å². The van der Waals surface area contributed by atoms with E-state index in [2.05, 4.69) is 32.5 Å². The van der Waals surface area contributed by atoms with Crippen LogP contribution in [0.2, 0.25) is 0 Å². The van der Waals surface area contributed by atoms with Crippen LogP contribution in [0, 0.1) is 19.8 Å². The van der Waals surface area contributed by atoms with Crippen molar-refractivity contribution in [3.8, 4) is 11.1 Å². The highest BCUT2D eigenvalue weighted by atomic mass is 16.2. The van der Waals surface area contributed by atoms with Gasteiger partial charge in [-0.05, 0) is 63.3 Å². The Bertz CT molecular complexity index is 1170. The van der Waals surface area contributed by atoms with Crippen LogP contribution in [0.15, 0.2) is 49.2 Å². The van der Waals surface area contributed by atoms with Gasteiger partial charge in [-0.3, -0.25) is 19.4 Å². The van der Waals surface area contributed by atoms with Crippen molar-refractivity contribution < 1.29 is 9.59 Å². The second kappa shape index (κ2) is 10.7. The number of anilines is 1. The molecule has 2 unspecified atom stereocenters. The van der Waals surface area contributed by atoms with Gasteiger partial charge in [-0.2, -0.15) is 10.2 Å². The summed E-state index contributed by atoms with van der Waals surface area (Å²) >= 11 is 0. The maximum Gasteiger partial charge on any atom is 0.270 e. The number of benzene rings is 1. The Morgan fingerprint density at radius 2 is 1.86 bits per heavy atom. The molecule has 35 heavy (non-hydrogen) atoms. The zero-order chi connectivity index (χ0) is 24.9. The minimum Gasteiger partial charge on any atom is -0.339 e. The lowest BCUT2D eigenvalue weighted by Gasteiger charge is -2.30. The third-order valence-corrected chi connectivity index (χ3v) is 6.89. The molecule has 0 radical (unpaired) electrons. The van der Waals surface area contributed by atoms with Crippen molar-refractivity contribution in [3.63, 3.8) is 0 Å². The fraction of sp³-hybridized carbons (Fsp3) is 0.407. The van der Waals surface area contributed by atoms with Gasteiger partial charge in [-0.25, -0.2) is 0 Å². The summed E-state index contributed by atoms with van der Waals surface area (Å²) in [6.07, 6.45) is 8.44. The number of aromatic amines is 1. The van der Waals surface area contributed by atoms with Crippen LogP contribution in [0.5, 0.6) is 0 Å². The zero-order valence-electron chi connectivity index (χ0n) is 20.7. The van der Waals surface area contributed by atoms with Crippen molar-refractivity contribution in [3.05, 3.63) is 66.3 Å². The molecule has 8 heteroatoms. The van der Waals surface area contributed by atoms with Crippen molar-refractivity contribution in [2.24, 2.45) is 5.92 Å². The number of carbonyl (C=O) groups excluding carboxylic acids is 2. The number of H-pyrrole nitrogens is 1. The molecule has 0 spiro atoms. The van der Waals surface area contributed by atoms with Gasteiger partial charge in [0.1, 0.15) is 11.7 Å². The Balaban J connectivity index is 1.52. The molecule has 2 heterocycles. The smallest absolute Gasteiger partial charge is 0.270 e. The molecule has 1 saturated carbocycles. The summed E-state index contributed by atoms with van der Waals surface area (Å²) in [5, 5.41) is 17.6. The first-order chi connectivity index (χ1) is 16.9. The first-order valence-electron chi connectivity index (χ1n) is 12.3. The fourth-order valence-electron chi connectivity index (χ4n) is 4.92. The van der Waals surface area contributed by atoms with E-state index in [-0.39, 0.29) is 23.8 Å². The van der Waals surface area contributed by atoms with Gasteiger partial charge in [-0.1, -0.05) is 37.5 Å². The molecule has 8 nitrogen and oxygen atoms in total. The van der Waals surface area contributed by atoms with Crippen molar-refractivity contribution in [1.82, 2.24) is 25.3 Å². The van der Waals surface area contributed by atoms with Crippen LogP contribution in [0.25, 0.3) is 11.1 Å². The van der Waals surface area contributed by atoms with Gasteiger partial charge in [0.15, 0.2) is 0 Å². The number of aryl methyl sites for hydroxylation is 2. The summed E-state index contributed by atoms with van der Waals surface area (Å²) in [4.78, 5) is 26.6. The van der Waals surface area contributed by atoms with E-state index in [4.69, 9.17) is 0 Å². The summed E-state index contributed by atoms with van der Waals surface area (Å²) in [6.45, 7) is 9.67. The van der Waals surface area contributed by atoms with Gasteiger partial charge < -0.3 is 10.6 Å². The number of allylic oxidation sites excluding steroid dienone is 1. The van der Waals surface area contributed by atoms with E-state index < -0.39 is 6.04 Å². The topological polar surface area (TPSA) is 105 Å². The summed E-state index contributed by atoms with van der Waals surface area (Å²) in [5.41, 5.74) is 5.15. The molecule has 184 valence electrons. The molecule has 0 saturated heterocycles. The van der Waals surface area contributed by atoms with Gasteiger partial charge >= 0.3 is 0 Å². The number of nitrogens with one attached hydrogen (secondary N) is 3. The number of hydrogen-bond donors (Lipinski definition) is 3. The number of aromatic nitrogens is 4. The van der Waals surface area contributed by atoms with E-state index in [9.17, 15) is 9.59 Å². The molecule has 3 aromatic rings. The minimum atomic E-state index is -0.622. The minimum absolute atomic E-state index is 0.0939. The van der Waals surface area contributed by atoms with Crippen molar-refractivity contribution in [2.75, 3.05) is 5.32 Å². The highest BCUT2D eigenvalue weighted by Gasteiger charge is 2.32. The predicted molar refractivity (Wildman–Crippen MR) is 137 cm³/mol. The molecular formula is C27H34N6O2. The molecule has 2 amide bonds. The molecular weight excluding hydrogens is 440 g/mol. The van der Waals surface area contributed by atoms with Gasteiger partial charge in [0, 0.05) is 23.1 Å². The quantitative estimate of drug-likeness (QED) is 0.402. The predicted octanol–water partition coefficient (Wildman–Crippen LogP) is 4.95. The summed E-state index contributed by atoms with van der Waals surface area (Å²) in [6, 6.07) is 8.65. The van der Waals surface area contributed by atoms with Crippen LogP contribution < -0.4 is 10.6 Å². The van der Waals surface area contributed by atoms with Gasteiger partial charge in [-0.15, -0.1) is 6.58 Å². The zero-order valence-corrected chi connectivity index (χ0v) is 20.7. The average molecular weight is 475 g/mol. The Labute approximate surface area is 206 Å². The number of rotatable bonds is 8. The van der Waals surface area contributed by atoms with Gasteiger partial charge in [0.2, 0.25) is 5.91 Å². The van der Waals surface area contributed by atoms with Gasteiger partial charge in [0.05, 0.1) is 11.7 Å². The second-order valence-corrected chi connectivity index (χ2v) is 9.36. The third-order valence-electron chi connectivity index (χ3n) is 6.89. The maximum atomic E-state index is 13.4. The molecule has 2 atom stereocenters. The third kappa shape index (κ3) is 5.37. The summed E-state index contributed by atoms with van der Waals surface area (Å²) in [5.74, 6) is -0.406. The lowest BCUT2D eigenvalue weighted by Crippen LogP contribution is -2.49. The Kier molecular flexibility index (Phi) is 7.48. The number of hydrogen-bond acceptors (Lipinski definition) is 4. The Hall–Kier alpha value is -3.68. The monoisotopic (exact) mass is 474 g/mol. The van der Waals surface area contributed by atoms with Crippen LogP contribution in [-0.4, -0.2) is 37.8 Å². The number of carbonyl (C=O) groups is 2. The Morgan fingerprint density at radius 1 is 1.14 bits per heavy atom. The highest BCUT2D eigenvalue weighted by Crippen LogP contribution is 2.29. The Morgan fingerprint density at radius 3 is 2.49 bits per heavy atom. The fourth-order valence-corrected chi connectivity index (χ4v) is 4.92. The molecule has 4 rings (SSSR count). The standard InChI is InChI=1S/C27H34N6O2/c1-5-17(2)33-23(15-16-28-33)26(34)30-25(21-9-7-6-8-10-21)27(35)29-22-13-11-20(12-14-22)24-18(3)31-32-19(24)4/h5,11-17,21,25H,1,6-10H2,2-4H3,(H,29,35)(H,30,34)(H,31,32).